The molecular formula is C18H34N2O4. The molecule has 0 aromatic carbocycles. The average molecular weight is 342 g/mol. The number of carboxylic acids is 1. The highest BCUT2D eigenvalue weighted by Gasteiger charge is 2.31. The number of carboxylic acid groups (broad SMARTS) is 1. The maximum absolute atomic E-state index is 12.1. The van der Waals surface area contributed by atoms with Gasteiger partial charge in [0.15, 0.2) is 0 Å². The fraction of sp³-hybridized carbons (Fsp3) is 0.833. The molecule has 0 aromatic heterocycles. The van der Waals surface area contributed by atoms with Gasteiger partial charge in [-0.25, -0.2) is 0 Å². The second-order valence-electron chi connectivity index (χ2n) is 7.63. The van der Waals surface area contributed by atoms with Crippen LogP contribution in [0.3, 0.4) is 0 Å². The molecule has 0 radical (unpaired) electrons. The van der Waals surface area contributed by atoms with Gasteiger partial charge in [-0.1, -0.05) is 20.8 Å². The smallest absolute Gasteiger partial charge is 0.309 e. The zero-order valence-corrected chi connectivity index (χ0v) is 16.1. The number of carbonyl (C=O) groups is 3. The fourth-order valence-electron chi connectivity index (χ4n) is 2.79. The summed E-state index contributed by atoms with van der Waals surface area (Å²) in [5.74, 6) is -0.738. The number of hydrogen-bond donors (Lipinski definition) is 3. The fourth-order valence-corrected chi connectivity index (χ4v) is 2.79. The number of aliphatic carboxylic acids is 1. The van der Waals surface area contributed by atoms with Gasteiger partial charge in [0.1, 0.15) is 0 Å². The van der Waals surface area contributed by atoms with Crippen LogP contribution in [0.25, 0.3) is 0 Å². The van der Waals surface area contributed by atoms with Crippen LogP contribution in [-0.4, -0.2) is 35.0 Å². The van der Waals surface area contributed by atoms with Gasteiger partial charge in [-0.05, 0) is 45.4 Å². The van der Waals surface area contributed by atoms with Gasteiger partial charge in [0.05, 0.1) is 5.41 Å². The van der Waals surface area contributed by atoms with E-state index < -0.39 is 11.4 Å². The molecule has 0 fully saturated rings. The number of amides is 2. The minimum Gasteiger partial charge on any atom is -0.481 e. The Morgan fingerprint density at radius 3 is 2.00 bits per heavy atom. The van der Waals surface area contributed by atoms with Crippen molar-refractivity contribution in [1.82, 2.24) is 10.6 Å². The van der Waals surface area contributed by atoms with E-state index in [1.54, 1.807) is 13.8 Å². The molecule has 0 aliphatic rings. The largest absolute Gasteiger partial charge is 0.481 e. The molecule has 2 amide bonds. The molecule has 0 bridgehead atoms. The number of nitrogens with one attached hydrogen (secondary N) is 2. The summed E-state index contributed by atoms with van der Waals surface area (Å²) in [6.45, 7) is 12.7. The summed E-state index contributed by atoms with van der Waals surface area (Å²) >= 11 is 0. The highest BCUT2D eigenvalue weighted by atomic mass is 16.4. The Balaban J connectivity index is 4.55. The molecule has 0 saturated heterocycles. The minimum absolute atomic E-state index is 0.0291. The monoisotopic (exact) mass is 342 g/mol. The lowest BCUT2D eigenvalue weighted by Crippen LogP contribution is -2.43. The number of hydrogen-bond acceptors (Lipinski definition) is 3. The van der Waals surface area contributed by atoms with Crippen molar-refractivity contribution in [2.75, 3.05) is 0 Å². The van der Waals surface area contributed by atoms with E-state index >= 15 is 0 Å². The van der Waals surface area contributed by atoms with Gasteiger partial charge < -0.3 is 15.7 Å². The number of rotatable bonds is 10. The summed E-state index contributed by atoms with van der Waals surface area (Å²) in [4.78, 5) is 34.4. The Morgan fingerprint density at radius 1 is 1.04 bits per heavy atom. The Labute approximate surface area is 145 Å². The predicted octanol–water partition coefficient (Wildman–Crippen LogP) is 2.57. The standard InChI is InChI=1S/C18H34N2O4/c1-8-15(20-14(5)21)12(3)9-11(2)13(4)19-16(22)10-18(6,7)17(23)24/h11-13,15H,8-10H2,1-7H3,(H,19,22)(H,20,21)(H,23,24)/t11-,12?,13+,15?/m0/s1. The average Bonchev–Trinajstić information content (AvgIpc) is 2.43. The first-order chi connectivity index (χ1) is 10.9. The summed E-state index contributed by atoms with van der Waals surface area (Å²) in [6.07, 6.45) is 1.68. The summed E-state index contributed by atoms with van der Waals surface area (Å²) < 4.78 is 0. The molecule has 0 heterocycles. The Hall–Kier alpha value is -1.59. The van der Waals surface area contributed by atoms with Crippen LogP contribution in [0.1, 0.15) is 67.7 Å². The molecule has 4 atom stereocenters. The maximum Gasteiger partial charge on any atom is 0.309 e. The Bertz CT molecular complexity index is 448. The van der Waals surface area contributed by atoms with Crippen molar-refractivity contribution in [3.05, 3.63) is 0 Å². The van der Waals surface area contributed by atoms with Crippen molar-refractivity contribution in [2.24, 2.45) is 17.3 Å². The third-order valence-electron chi connectivity index (χ3n) is 4.68. The van der Waals surface area contributed by atoms with E-state index in [0.29, 0.717) is 5.92 Å². The first-order valence-electron chi connectivity index (χ1n) is 8.70. The van der Waals surface area contributed by atoms with E-state index in [2.05, 4.69) is 24.5 Å². The van der Waals surface area contributed by atoms with E-state index in [4.69, 9.17) is 5.11 Å². The van der Waals surface area contributed by atoms with Crippen molar-refractivity contribution in [1.29, 1.82) is 0 Å². The van der Waals surface area contributed by atoms with Crippen LogP contribution in [0.4, 0.5) is 0 Å². The van der Waals surface area contributed by atoms with Gasteiger partial charge >= 0.3 is 5.97 Å². The molecule has 0 rings (SSSR count). The van der Waals surface area contributed by atoms with Gasteiger partial charge in [-0.2, -0.15) is 0 Å². The van der Waals surface area contributed by atoms with E-state index in [-0.39, 0.29) is 36.2 Å². The lowest BCUT2D eigenvalue weighted by molar-refractivity contribution is -0.149. The van der Waals surface area contributed by atoms with Crippen molar-refractivity contribution >= 4 is 17.8 Å². The van der Waals surface area contributed by atoms with Crippen LogP contribution in [0, 0.1) is 17.3 Å². The molecule has 0 aliphatic carbocycles. The van der Waals surface area contributed by atoms with Crippen LogP contribution < -0.4 is 10.6 Å². The van der Waals surface area contributed by atoms with Crippen molar-refractivity contribution < 1.29 is 19.5 Å². The summed E-state index contributed by atoms with van der Waals surface area (Å²) in [7, 11) is 0. The van der Waals surface area contributed by atoms with Crippen LogP contribution >= 0.6 is 0 Å². The zero-order chi connectivity index (χ0) is 19.1. The topological polar surface area (TPSA) is 95.5 Å². The summed E-state index contributed by atoms with van der Waals surface area (Å²) in [5.41, 5.74) is -1.07. The molecule has 6 heteroatoms. The van der Waals surface area contributed by atoms with Crippen molar-refractivity contribution in [2.45, 2.75) is 79.8 Å². The molecular weight excluding hydrogens is 308 g/mol. The van der Waals surface area contributed by atoms with E-state index in [1.165, 1.54) is 6.92 Å². The van der Waals surface area contributed by atoms with E-state index in [9.17, 15) is 14.4 Å². The molecule has 0 aliphatic heterocycles. The molecule has 2 unspecified atom stereocenters. The molecule has 0 spiro atoms. The Morgan fingerprint density at radius 2 is 1.58 bits per heavy atom. The van der Waals surface area contributed by atoms with Gasteiger partial charge in [0.25, 0.3) is 0 Å². The van der Waals surface area contributed by atoms with Crippen LogP contribution in [0.5, 0.6) is 0 Å². The van der Waals surface area contributed by atoms with Crippen molar-refractivity contribution in [3.8, 4) is 0 Å². The lowest BCUT2D eigenvalue weighted by atomic mass is 9.86. The lowest BCUT2D eigenvalue weighted by Gasteiger charge is -2.29. The minimum atomic E-state index is -1.07. The van der Waals surface area contributed by atoms with Gasteiger partial charge in [0.2, 0.25) is 11.8 Å². The van der Waals surface area contributed by atoms with Crippen molar-refractivity contribution in [3.63, 3.8) is 0 Å². The third-order valence-corrected chi connectivity index (χ3v) is 4.68. The van der Waals surface area contributed by atoms with Crippen LogP contribution in [0.2, 0.25) is 0 Å². The third kappa shape index (κ3) is 7.79. The first kappa shape index (κ1) is 22.4. The summed E-state index contributed by atoms with van der Waals surface area (Å²) in [5, 5.41) is 15.0. The van der Waals surface area contributed by atoms with Gasteiger partial charge in [-0.3, -0.25) is 14.4 Å². The predicted molar refractivity (Wildman–Crippen MR) is 94.5 cm³/mol. The van der Waals surface area contributed by atoms with Gasteiger partial charge in [0, 0.05) is 25.4 Å². The quantitative estimate of drug-likeness (QED) is 0.568. The number of carbonyl (C=O) groups excluding carboxylic acids is 2. The molecule has 24 heavy (non-hydrogen) atoms. The first-order valence-corrected chi connectivity index (χ1v) is 8.70. The molecule has 6 nitrogen and oxygen atoms in total. The highest BCUT2D eigenvalue weighted by Crippen LogP contribution is 2.22. The van der Waals surface area contributed by atoms with Crippen LogP contribution in [-0.2, 0) is 14.4 Å². The molecule has 0 aromatic rings. The highest BCUT2D eigenvalue weighted by molar-refractivity contribution is 5.84. The Kier molecular flexibility index (Phi) is 9.01. The van der Waals surface area contributed by atoms with E-state index in [0.717, 1.165) is 12.8 Å². The molecule has 3 N–H and O–H groups in total. The normalized spacial score (nSPS) is 16.6. The van der Waals surface area contributed by atoms with Crippen LogP contribution in [0.15, 0.2) is 0 Å². The SMILES string of the molecule is CCC(NC(C)=O)C(C)C[C@H](C)[C@@H](C)NC(=O)CC(C)(C)C(=O)O. The molecule has 0 saturated carbocycles. The molecule has 140 valence electrons. The summed E-state index contributed by atoms with van der Waals surface area (Å²) in [6, 6.07) is 0.0678. The zero-order valence-electron chi connectivity index (χ0n) is 16.1. The second-order valence-corrected chi connectivity index (χ2v) is 7.63. The van der Waals surface area contributed by atoms with Gasteiger partial charge in [-0.15, -0.1) is 0 Å². The van der Waals surface area contributed by atoms with E-state index in [1.807, 2.05) is 13.8 Å². The maximum atomic E-state index is 12.1. The second kappa shape index (κ2) is 9.64.